The average Bonchev–Trinajstić information content (AvgIpc) is 2.83. The predicted octanol–water partition coefficient (Wildman–Crippen LogP) is 3.78. The lowest BCUT2D eigenvalue weighted by Crippen LogP contribution is -2.45. The molecule has 2 aromatic rings. The van der Waals surface area contributed by atoms with E-state index in [1.165, 1.54) is 5.56 Å². The molecular weight excluding hydrogens is 386 g/mol. The van der Waals surface area contributed by atoms with Gasteiger partial charge in [0.1, 0.15) is 5.82 Å². The van der Waals surface area contributed by atoms with Crippen molar-refractivity contribution in [3.8, 4) is 0 Å². The SMILES string of the molecule is C=C(c1ccccn1)C1CCN(C(=O)C2CCN([C@H](C)c3ccnc(N)c3)CC2)CC1. The van der Waals surface area contributed by atoms with Crippen molar-refractivity contribution in [2.75, 3.05) is 31.9 Å². The third-order valence-electron chi connectivity index (χ3n) is 7.01. The van der Waals surface area contributed by atoms with Gasteiger partial charge in [-0.15, -0.1) is 0 Å². The Labute approximate surface area is 185 Å². The third-order valence-corrected chi connectivity index (χ3v) is 7.01. The first-order valence-corrected chi connectivity index (χ1v) is 11.4. The molecule has 0 aliphatic carbocycles. The topological polar surface area (TPSA) is 75.4 Å². The highest BCUT2D eigenvalue weighted by Gasteiger charge is 2.32. The number of hydrogen-bond acceptors (Lipinski definition) is 5. The summed E-state index contributed by atoms with van der Waals surface area (Å²) in [7, 11) is 0. The molecule has 0 unspecified atom stereocenters. The van der Waals surface area contributed by atoms with Crippen LogP contribution < -0.4 is 5.73 Å². The van der Waals surface area contributed by atoms with Gasteiger partial charge < -0.3 is 10.6 Å². The second-order valence-corrected chi connectivity index (χ2v) is 8.84. The maximum Gasteiger partial charge on any atom is 0.225 e. The molecule has 0 spiro atoms. The van der Waals surface area contributed by atoms with Crippen LogP contribution in [-0.4, -0.2) is 51.9 Å². The van der Waals surface area contributed by atoms with Gasteiger partial charge in [-0.2, -0.15) is 0 Å². The van der Waals surface area contributed by atoms with E-state index in [0.29, 0.717) is 17.6 Å². The number of amides is 1. The van der Waals surface area contributed by atoms with Crippen molar-refractivity contribution in [1.29, 1.82) is 0 Å². The summed E-state index contributed by atoms with van der Waals surface area (Å²) in [6, 6.07) is 10.2. The molecule has 4 heterocycles. The second-order valence-electron chi connectivity index (χ2n) is 8.84. The van der Waals surface area contributed by atoms with Crippen LogP contribution in [0, 0.1) is 11.8 Å². The number of pyridine rings is 2. The Balaban J connectivity index is 1.26. The Morgan fingerprint density at radius 2 is 1.74 bits per heavy atom. The van der Waals surface area contributed by atoms with Crippen LogP contribution >= 0.6 is 0 Å². The number of nitrogens with two attached hydrogens (primary N) is 1. The molecule has 0 radical (unpaired) electrons. The molecule has 0 saturated carbocycles. The number of allylic oxidation sites excluding steroid dienone is 1. The molecule has 6 heteroatoms. The van der Waals surface area contributed by atoms with E-state index in [2.05, 4.69) is 33.3 Å². The molecule has 164 valence electrons. The summed E-state index contributed by atoms with van der Waals surface area (Å²) < 4.78 is 0. The smallest absolute Gasteiger partial charge is 0.225 e. The normalized spacial score (nSPS) is 19.8. The van der Waals surface area contributed by atoms with Gasteiger partial charge in [0, 0.05) is 37.4 Å². The summed E-state index contributed by atoms with van der Waals surface area (Å²) in [5.74, 6) is 1.45. The van der Waals surface area contributed by atoms with E-state index < -0.39 is 0 Å². The molecule has 31 heavy (non-hydrogen) atoms. The molecular formula is C25H33N5O. The number of nitrogen functional groups attached to an aromatic ring is 1. The maximum atomic E-state index is 13.1. The summed E-state index contributed by atoms with van der Waals surface area (Å²) in [5.41, 5.74) is 9.11. The average molecular weight is 420 g/mol. The summed E-state index contributed by atoms with van der Waals surface area (Å²) in [6.45, 7) is 10.0. The van der Waals surface area contributed by atoms with Gasteiger partial charge in [-0.1, -0.05) is 12.6 Å². The Bertz CT molecular complexity index is 899. The summed E-state index contributed by atoms with van der Waals surface area (Å²) in [5, 5.41) is 0. The highest BCUT2D eigenvalue weighted by Crippen LogP contribution is 2.32. The van der Waals surface area contributed by atoms with Gasteiger partial charge in [0.25, 0.3) is 0 Å². The molecule has 2 N–H and O–H groups in total. The van der Waals surface area contributed by atoms with Gasteiger partial charge in [0.05, 0.1) is 5.69 Å². The Morgan fingerprint density at radius 1 is 1.03 bits per heavy atom. The van der Waals surface area contributed by atoms with Crippen molar-refractivity contribution < 1.29 is 4.79 Å². The van der Waals surface area contributed by atoms with Crippen LogP contribution in [0.4, 0.5) is 5.82 Å². The number of carbonyl (C=O) groups is 1. The largest absolute Gasteiger partial charge is 0.384 e. The molecule has 4 rings (SSSR count). The molecule has 2 aliphatic rings. The predicted molar refractivity (Wildman–Crippen MR) is 124 cm³/mol. The summed E-state index contributed by atoms with van der Waals surface area (Å²) in [4.78, 5) is 26.2. The van der Waals surface area contributed by atoms with E-state index in [-0.39, 0.29) is 12.0 Å². The fraction of sp³-hybridized carbons (Fsp3) is 0.480. The van der Waals surface area contributed by atoms with Crippen LogP contribution in [0.3, 0.4) is 0 Å². The van der Waals surface area contributed by atoms with Crippen LogP contribution in [0.2, 0.25) is 0 Å². The van der Waals surface area contributed by atoms with Gasteiger partial charge in [-0.3, -0.25) is 14.7 Å². The zero-order valence-electron chi connectivity index (χ0n) is 18.4. The lowest BCUT2D eigenvalue weighted by molar-refractivity contribution is -0.138. The van der Waals surface area contributed by atoms with Gasteiger partial charge in [-0.25, -0.2) is 4.98 Å². The van der Waals surface area contributed by atoms with Gasteiger partial charge in [-0.05, 0) is 87.0 Å². The Hall–Kier alpha value is -2.73. The standard InChI is InChI=1S/C25H33N5O/c1-18(23-5-3-4-11-27-23)20-7-15-30(16-8-20)25(31)21-9-13-29(14-10-21)19(2)22-6-12-28-24(26)17-22/h3-6,11-12,17,19-21H,1,7-10,13-16H2,2H3,(H2,26,28)/t19-/m1/s1. The number of piperidine rings is 2. The first-order valence-electron chi connectivity index (χ1n) is 11.4. The highest BCUT2D eigenvalue weighted by molar-refractivity contribution is 5.79. The fourth-order valence-electron chi connectivity index (χ4n) is 4.94. The van der Waals surface area contributed by atoms with Crippen molar-refractivity contribution in [1.82, 2.24) is 19.8 Å². The highest BCUT2D eigenvalue weighted by atomic mass is 16.2. The lowest BCUT2D eigenvalue weighted by Gasteiger charge is -2.39. The van der Waals surface area contributed by atoms with Crippen molar-refractivity contribution in [2.45, 2.75) is 38.6 Å². The number of hydrogen-bond donors (Lipinski definition) is 1. The molecule has 0 aromatic carbocycles. The molecule has 2 fully saturated rings. The number of carbonyl (C=O) groups excluding carboxylic acids is 1. The summed E-state index contributed by atoms with van der Waals surface area (Å²) >= 11 is 0. The van der Waals surface area contributed by atoms with Gasteiger partial charge in [0.15, 0.2) is 0 Å². The van der Waals surface area contributed by atoms with Crippen LogP contribution in [0.5, 0.6) is 0 Å². The molecule has 2 aromatic heterocycles. The number of nitrogens with zero attached hydrogens (tertiary/aromatic N) is 4. The van der Waals surface area contributed by atoms with E-state index in [0.717, 1.165) is 63.1 Å². The van der Waals surface area contributed by atoms with Gasteiger partial charge >= 0.3 is 0 Å². The number of anilines is 1. The first kappa shape index (κ1) is 21.5. The minimum absolute atomic E-state index is 0.140. The van der Waals surface area contributed by atoms with Crippen LogP contribution in [-0.2, 0) is 4.79 Å². The van der Waals surface area contributed by atoms with E-state index in [9.17, 15) is 4.79 Å². The van der Waals surface area contributed by atoms with E-state index in [4.69, 9.17) is 5.73 Å². The van der Waals surface area contributed by atoms with Crippen LogP contribution in [0.15, 0.2) is 49.3 Å². The van der Waals surface area contributed by atoms with E-state index in [1.807, 2.05) is 36.5 Å². The number of likely N-dealkylation sites (tertiary alicyclic amines) is 2. The third kappa shape index (κ3) is 4.96. The molecule has 0 bridgehead atoms. The molecule has 2 saturated heterocycles. The molecule has 6 nitrogen and oxygen atoms in total. The van der Waals surface area contributed by atoms with Crippen molar-refractivity contribution in [3.63, 3.8) is 0 Å². The van der Waals surface area contributed by atoms with E-state index in [1.54, 1.807) is 6.20 Å². The second kappa shape index (κ2) is 9.60. The van der Waals surface area contributed by atoms with Crippen molar-refractivity contribution in [3.05, 3.63) is 60.6 Å². The monoisotopic (exact) mass is 419 g/mol. The van der Waals surface area contributed by atoms with Crippen molar-refractivity contribution in [2.24, 2.45) is 11.8 Å². The Morgan fingerprint density at radius 3 is 2.39 bits per heavy atom. The minimum atomic E-state index is 0.140. The molecule has 1 atom stereocenters. The number of rotatable bonds is 5. The fourth-order valence-corrected chi connectivity index (χ4v) is 4.94. The van der Waals surface area contributed by atoms with Crippen molar-refractivity contribution >= 4 is 17.3 Å². The van der Waals surface area contributed by atoms with Crippen LogP contribution in [0.25, 0.3) is 5.57 Å². The Kier molecular flexibility index (Phi) is 6.66. The van der Waals surface area contributed by atoms with Gasteiger partial charge in [0.2, 0.25) is 5.91 Å². The lowest BCUT2D eigenvalue weighted by atomic mass is 9.86. The zero-order chi connectivity index (χ0) is 21.8. The summed E-state index contributed by atoms with van der Waals surface area (Å²) in [6.07, 6.45) is 7.37. The molecule has 2 aliphatic heterocycles. The maximum absolute atomic E-state index is 13.1. The quantitative estimate of drug-likeness (QED) is 0.798. The van der Waals surface area contributed by atoms with E-state index >= 15 is 0 Å². The minimum Gasteiger partial charge on any atom is -0.384 e. The number of aromatic nitrogens is 2. The zero-order valence-corrected chi connectivity index (χ0v) is 18.4. The van der Waals surface area contributed by atoms with Crippen LogP contribution in [0.1, 0.15) is 49.9 Å². The molecule has 1 amide bonds. The first-order chi connectivity index (χ1) is 15.0.